The van der Waals surface area contributed by atoms with Crippen molar-refractivity contribution in [3.05, 3.63) is 41.2 Å². The van der Waals surface area contributed by atoms with Crippen molar-refractivity contribution in [1.29, 1.82) is 5.26 Å². The third kappa shape index (κ3) is 5.54. The zero-order chi connectivity index (χ0) is 27.9. The van der Waals surface area contributed by atoms with Crippen molar-refractivity contribution in [2.24, 2.45) is 5.92 Å². The molecule has 0 bridgehead atoms. The normalized spacial score (nSPS) is 18.3. The lowest BCUT2D eigenvalue weighted by Crippen LogP contribution is -2.42. The first kappa shape index (κ1) is 26.5. The molecular formula is C28H28ClN5O5. The Morgan fingerprint density at radius 2 is 1.97 bits per heavy atom. The summed E-state index contributed by atoms with van der Waals surface area (Å²) in [6.07, 6.45) is 3.00. The number of benzene rings is 1. The van der Waals surface area contributed by atoms with Crippen LogP contribution in [0.15, 0.2) is 30.6 Å². The van der Waals surface area contributed by atoms with Gasteiger partial charge < -0.3 is 14.2 Å². The van der Waals surface area contributed by atoms with E-state index in [9.17, 15) is 9.59 Å². The molecule has 0 radical (unpaired) electrons. The summed E-state index contributed by atoms with van der Waals surface area (Å²) in [4.78, 5) is 35.6. The Balaban J connectivity index is 1.44. The van der Waals surface area contributed by atoms with Crippen LogP contribution in [0.2, 0.25) is 5.02 Å². The van der Waals surface area contributed by atoms with Gasteiger partial charge in [0.1, 0.15) is 29.8 Å². The fourth-order valence-electron chi connectivity index (χ4n) is 4.62. The molecule has 202 valence electrons. The summed E-state index contributed by atoms with van der Waals surface area (Å²) in [5.74, 6) is 0.607. The minimum atomic E-state index is -0.649. The van der Waals surface area contributed by atoms with Gasteiger partial charge in [0.15, 0.2) is 0 Å². The Labute approximate surface area is 230 Å². The van der Waals surface area contributed by atoms with Crippen molar-refractivity contribution >= 4 is 46.1 Å². The van der Waals surface area contributed by atoms with Crippen LogP contribution in [-0.4, -0.2) is 47.0 Å². The number of hydrogen-bond acceptors (Lipinski definition) is 8. The molecule has 3 heterocycles. The summed E-state index contributed by atoms with van der Waals surface area (Å²) in [5, 5.41) is 13.5. The van der Waals surface area contributed by atoms with Crippen LogP contribution >= 0.6 is 11.6 Å². The maximum absolute atomic E-state index is 13.0. The molecule has 11 heteroatoms. The van der Waals surface area contributed by atoms with Crippen molar-refractivity contribution in [3.8, 4) is 23.1 Å². The van der Waals surface area contributed by atoms with Gasteiger partial charge in [0, 0.05) is 36.2 Å². The van der Waals surface area contributed by atoms with E-state index in [1.54, 1.807) is 23.4 Å². The molecule has 2 aliphatic rings. The third-order valence-corrected chi connectivity index (χ3v) is 6.90. The quantitative estimate of drug-likeness (QED) is 0.406. The van der Waals surface area contributed by atoms with E-state index in [-0.39, 0.29) is 12.0 Å². The monoisotopic (exact) mass is 549 g/mol. The number of aromatic nitrogens is 2. The van der Waals surface area contributed by atoms with Crippen molar-refractivity contribution in [3.63, 3.8) is 0 Å². The predicted octanol–water partition coefficient (Wildman–Crippen LogP) is 6.24. The number of nitriles is 1. The molecule has 1 aliphatic carbocycles. The average Bonchev–Trinajstić information content (AvgIpc) is 2.84. The lowest BCUT2D eigenvalue weighted by atomic mass is 9.84. The number of pyridine rings is 2. The molecule has 3 aromatic rings. The van der Waals surface area contributed by atoms with E-state index in [1.165, 1.54) is 0 Å². The highest BCUT2D eigenvalue weighted by Gasteiger charge is 2.33. The molecule has 39 heavy (non-hydrogen) atoms. The number of rotatable bonds is 3. The number of anilines is 2. The fourth-order valence-corrected chi connectivity index (χ4v) is 4.89. The summed E-state index contributed by atoms with van der Waals surface area (Å²) in [5.41, 5.74) is 2.22. The number of nitrogens with zero attached hydrogens (tertiary/aromatic N) is 4. The number of amides is 2. The highest BCUT2D eigenvalue weighted by molar-refractivity contribution is 6.36. The number of ether oxygens (including phenoxy) is 3. The molecule has 1 aliphatic heterocycles. The van der Waals surface area contributed by atoms with Crippen LogP contribution in [0.4, 0.5) is 21.1 Å². The van der Waals surface area contributed by atoms with Gasteiger partial charge in [-0.1, -0.05) is 11.6 Å². The maximum atomic E-state index is 13.0. The van der Waals surface area contributed by atoms with Crippen LogP contribution in [-0.2, 0) is 9.47 Å². The standard InChI is InChI=1S/C28H28ClN5O5/c1-15-20(13-32-25-24(15)34(5-6-37-25)27(36)39-28(2,3)4)17-9-18-11-23(31-14-21(18)22(29)10-17)33-26(35)38-19-7-16(8-19)12-30/h9-11,13-14,16,19H,5-8H2,1-4H3,(H,31,33,35)/t16-,19+. The van der Waals surface area contributed by atoms with E-state index in [2.05, 4.69) is 21.4 Å². The van der Waals surface area contributed by atoms with Crippen LogP contribution in [0.3, 0.4) is 0 Å². The molecule has 0 unspecified atom stereocenters. The second kappa shape index (κ2) is 10.2. The molecule has 1 N–H and O–H groups in total. The fraction of sp³-hybridized carbons (Fsp3) is 0.393. The van der Waals surface area contributed by atoms with Crippen LogP contribution in [0.25, 0.3) is 21.9 Å². The summed E-state index contributed by atoms with van der Waals surface area (Å²) in [6.45, 7) is 8.00. The molecule has 0 spiro atoms. The van der Waals surface area contributed by atoms with Gasteiger partial charge in [-0.25, -0.2) is 19.6 Å². The first-order valence-electron chi connectivity index (χ1n) is 12.6. The first-order chi connectivity index (χ1) is 18.5. The first-order valence-corrected chi connectivity index (χ1v) is 13.0. The summed E-state index contributed by atoms with van der Waals surface area (Å²) >= 11 is 6.63. The Morgan fingerprint density at radius 1 is 1.21 bits per heavy atom. The van der Waals surface area contributed by atoms with Crippen LogP contribution in [0, 0.1) is 24.2 Å². The third-order valence-electron chi connectivity index (χ3n) is 6.59. The summed E-state index contributed by atoms with van der Waals surface area (Å²) < 4.78 is 16.7. The molecule has 0 atom stereocenters. The minimum Gasteiger partial charge on any atom is -0.474 e. The SMILES string of the molecule is Cc1c(-c2cc(Cl)c3cnc(NC(=O)O[C@H]4C[C@@H](C#N)C4)cc3c2)cnc2c1N(C(=O)OC(C)(C)C)CCO2. The number of fused-ring (bicyclic) bond motifs is 2. The van der Waals surface area contributed by atoms with Gasteiger partial charge in [0.25, 0.3) is 0 Å². The van der Waals surface area contributed by atoms with Crippen LogP contribution in [0.1, 0.15) is 39.2 Å². The van der Waals surface area contributed by atoms with E-state index in [0.717, 1.165) is 22.1 Å². The number of nitrogens with one attached hydrogen (secondary N) is 1. The van der Waals surface area contributed by atoms with Gasteiger partial charge in [-0.15, -0.1) is 0 Å². The van der Waals surface area contributed by atoms with Crippen molar-refractivity contribution < 1.29 is 23.8 Å². The molecular weight excluding hydrogens is 522 g/mol. The second-order valence-corrected chi connectivity index (χ2v) is 11.0. The Bertz CT molecular complexity index is 1510. The molecule has 1 aromatic carbocycles. The van der Waals surface area contributed by atoms with Gasteiger partial charge in [-0.3, -0.25) is 10.2 Å². The Morgan fingerprint density at radius 3 is 2.69 bits per heavy atom. The van der Waals surface area contributed by atoms with Crippen molar-refractivity contribution in [1.82, 2.24) is 9.97 Å². The van der Waals surface area contributed by atoms with Crippen LogP contribution in [0.5, 0.6) is 5.88 Å². The summed E-state index contributed by atoms with van der Waals surface area (Å²) in [6, 6.07) is 7.60. The van der Waals surface area contributed by atoms with E-state index in [0.29, 0.717) is 53.8 Å². The maximum Gasteiger partial charge on any atom is 0.415 e. The predicted molar refractivity (Wildman–Crippen MR) is 146 cm³/mol. The van der Waals surface area contributed by atoms with Crippen LogP contribution < -0.4 is 15.0 Å². The molecule has 5 rings (SSSR count). The lowest BCUT2D eigenvalue weighted by molar-refractivity contribution is 0.0417. The van der Waals surface area contributed by atoms with Crippen molar-refractivity contribution in [2.75, 3.05) is 23.4 Å². The largest absolute Gasteiger partial charge is 0.474 e. The highest BCUT2D eigenvalue weighted by atomic mass is 35.5. The van der Waals surface area contributed by atoms with E-state index >= 15 is 0 Å². The number of carbonyl (C=O) groups excluding carboxylic acids is 2. The number of halogens is 1. The van der Waals surface area contributed by atoms with Gasteiger partial charge in [-0.2, -0.15) is 5.26 Å². The van der Waals surface area contributed by atoms with E-state index in [4.69, 9.17) is 31.1 Å². The average molecular weight is 550 g/mol. The minimum absolute atomic E-state index is 0.0634. The molecule has 1 fully saturated rings. The molecule has 1 saturated carbocycles. The summed E-state index contributed by atoms with van der Waals surface area (Å²) in [7, 11) is 0. The smallest absolute Gasteiger partial charge is 0.415 e. The highest BCUT2D eigenvalue weighted by Crippen LogP contribution is 2.41. The van der Waals surface area contributed by atoms with Gasteiger partial charge >= 0.3 is 12.2 Å². The van der Waals surface area contributed by atoms with E-state index < -0.39 is 17.8 Å². The molecule has 2 amide bonds. The Hall–Kier alpha value is -4.10. The van der Waals surface area contributed by atoms with Gasteiger partial charge in [0.05, 0.1) is 23.6 Å². The topological polar surface area (TPSA) is 127 Å². The molecule has 10 nitrogen and oxygen atoms in total. The molecule has 0 saturated heterocycles. The number of carbonyl (C=O) groups is 2. The second-order valence-electron chi connectivity index (χ2n) is 10.6. The van der Waals surface area contributed by atoms with Gasteiger partial charge in [-0.05, 0) is 62.4 Å². The lowest BCUT2D eigenvalue weighted by Gasteiger charge is -2.32. The van der Waals surface area contributed by atoms with Gasteiger partial charge in [0.2, 0.25) is 5.88 Å². The zero-order valence-corrected chi connectivity index (χ0v) is 22.8. The zero-order valence-electron chi connectivity index (χ0n) is 22.1. The van der Waals surface area contributed by atoms with E-state index in [1.807, 2.05) is 39.8 Å². The molecule has 2 aromatic heterocycles. The number of hydrogen-bond donors (Lipinski definition) is 1. The van der Waals surface area contributed by atoms with Crippen molar-refractivity contribution in [2.45, 2.75) is 52.2 Å². The Kier molecular flexibility index (Phi) is 6.95.